The average molecular weight is 1560 g/mol. The van der Waals surface area contributed by atoms with Crippen LogP contribution in [0.4, 0.5) is 41.9 Å². The van der Waals surface area contributed by atoms with Crippen molar-refractivity contribution >= 4 is 70.8 Å². The topological polar surface area (TPSA) is 307 Å². The van der Waals surface area contributed by atoms with Crippen molar-refractivity contribution in [1.82, 2.24) is 21.3 Å². The van der Waals surface area contributed by atoms with Crippen LogP contribution in [0.25, 0.3) is 0 Å². The molecule has 112 heavy (non-hydrogen) atoms. The monoisotopic (exact) mass is 1560 g/mol. The van der Waals surface area contributed by atoms with Gasteiger partial charge in [0.15, 0.2) is 0 Å². The third kappa shape index (κ3) is 34.6. The number of carbonyl (C=O) groups excluding carboxylic acids is 8. The molecule has 0 aromatic heterocycles. The molecule has 0 aliphatic heterocycles. The summed E-state index contributed by atoms with van der Waals surface area (Å²) >= 11 is 0. The Bertz CT molecular complexity index is 3000. The minimum absolute atomic E-state index is 0.0608. The lowest BCUT2D eigenvalue weighted by Crippen LogP contribution is -2.41. The van der Waals surface area contributed by atoms with Crippen molar-refractivity contribution in [3.8, 4) is 23.0 Å². The Morgan fingerprint density at radius 2 is 0.411 bits per heavy atom. The first-order valence-corrected chi connectivity index (χ1v) is 41.9. The van der Waals surface area contributed by atoms with Gasteiger partial charge >= 0.3 is 48.0 Å². The molecule has 0 heterocycles. The van der Waals surface area contributed by atoms with Crippen molar-refractivity contribution in [2.75, 3.05) is 76.1 Å². The summed E-state index contributed by atoms with van der Waals surface area (Å²) in [6.07, 6.45) is 33.8. The van der Waals surface area contributed by atoms with Gasteiger partial charge < -0.3 is 80.4 Å². The number of fused-ring (bicyclic) bond motifs is 8. The summed E-state index contributed by atoms with van der Waals surface area (Å²) in [6, 6.07) is 7.81. The molecule has 4 aromatic rings. The first kappa shape index (κ1) is 93.6. The lowest BCUT2D eigenvalue weighted by molar-refractivity contribution is -0.143. The van der Waals surface area contributed by atoms with Crippen molar-refractivity contribution in [3.05, 3.63) is 93.0 Å². The lowest BCUT2D eigenvalue weighted by Gasteiger charge is -2.25. The summed E-state index contributed by atoms with van der Waals surface area (Å²) in [4.78, 5) is 109. The maximum absolute atomic E-state index is 14.4. The van der Waals surface area contributed by atoms with Crippen LogP contribution in [0.2, 0.25) is 0 Å². The molecule has 1 aliphatic rings. The van der Waals surface area contributed by atoms with Gasteiger partial charge in [0.1, 0.15) is 47.2 Å². The molecule has 24 heteroatoms. The number of urea groups is 4. The van der Waals surface area contributed by atoms with E-state index in [4.69, 9.17) is 37.9 Å². The van der Waals surface area contributed by atoms with E-state index in [0.717, 1.165) is 154 Å². The average Bonchev–Trinajstić information content (AvgIpc) is 0.772. The Morgan fingerprint density at radius 1 is 0.259 bits per heavy atom. The summed E-state index contributed by atoms with van der Waals surface area (Å²) in [5.41, 5.74) is 6.15. The van der Waals surface area contributed by atoms with Gasteiger partial charge in [0, 0.05) is 92.9 Å². The molecule has 8 bridgehead atoms. The third-order valence-corrected chi connectivity index (χ3v) is 20.1. The van der Waals surface area contributed by atoms with Crippen LogP contribution >= 0.6 is 0 Å². The molecule has 0 unspecified atom stereocenters. The molecule has 624 valence electrons. The van der Waals surface area contributed by atoms with Gasteiger partial charge in [-0.05, 0) is 102 Å². The molecule has 0 spiro atoms. The number of hydrogen-bond acceptors (Lipinski definition) is 16. The molecule has 4 atom stereocenters. The van der Waals surface area contributed by atoms with Crippen molar-refractivity contribution in [2.45, 2.75) is 311 Å². The van der Waals surface area contributed by atoms with Gasteiger partial charge in [0.05, 0.1) is 54.9 Å². The van der Waals surface area contributed by atoms with Gasteiger partial charge in [-0.3, -0.25) is 0 Å². The van der Waals surface area contributed by atoms with Gasteiger partial charge in [-0.15, -0.1) is 0 Å². The number of hydrogen-bond donors (Lipinski definition) is 8. The highest BCUT2D eigenvalue weighted by molar-refractivity contribution is 5.96. The number of amides is 8. The fourth-order valence-electron chi connectivity index (χ4n) is 14.0. The van der Waals surface area contributed by atoms with Crippen LogP contribution in [0.15, 0.2) is 48.5 Å². The van der Waals surface area contributed by atoms with E-state index in [1.165, 1.54) is 108 Å². The molecule has 0 saturated heterocycles. The number of methoxy groups -OCH3 is 4. The Hall–Kier alpha value is -8.96. The van der Waals surface area contributed by atoms with Crippen LogP contribution in [0.1, 0.15) is 305 Å². The van der Waals surface area contributed by atoms with Gasteiger partial charge in [-0.2, -0.15) is 0 Å². The minimum Gasteiger partial charge on any atom is -0.493 e. The van der Waals surface area contributed by atoms with Crippen LogP contribution in [-0.4, -0.2) is 127 Å². The van der Waals surface area contributed by atoms with E-state index >= 15 is 0 Å². The van der Waals surface area contributed by atoms with Crippen LogP contribution in [0.3, 0.4) is 0 Å². The molecular formula is C88H136N8O16. The fraction of sp³-hybridized carbons (Fsp3) is 0.636. The Kier molecular flexibility index (Phi) is 45.1. The molecule has 24 nitrogen and oxygen atoms in total. The highest BCUT2D eigenvalue weighted by atomic mass is 16.5. The molecule has 4 aromatic carbocycles. The number of nitrogens with one attached hydrogen (secondary N) is 8. The van der Waals surface area contributed by atoms with Crippen molar-refractivity contribution in [2.24, 2.45) is 0 Å². The molecular weight excluding hydrogens is 1430 g/mol. The van der Waals surface area contributed by atoms with E-state index in [0.29, 0.717) is 117 Å². The summed E-state index contributed by atoms with van der Waals surface area (Å²) < 4.78 is 49.0. The van der Waals surface area contributed by atoms with Crippen LogP contribution in [0.5, 0.6) is 23.0 Å². The van der Waals surface area contributed by atoms with Crippen molar-refractivity contribution < 1.29 is 76.3 Å². The van der Waals surface area contributed by atoms with Crippen LogP contribution in [0, 0.1) is 0 Å². The smallest absolute Gasteiger partial charge is 0.328 e. The lowest BCUT2D eigenvalue weighted by atomic mass is 9.90. The Balaban J connectivity index is 2.00. The van der Waals surface area contributed by atoms with E-state index in [1.54, 1.807) is 0 Å². The van der Waals surface area contributed by atoms with Gasteiger partial charge in [-0.25, -0.2) is 38.4 Å². The van der Waals surface area contributed by atoms with Crippen LogP contribution < -0.4 is 61.5 Å². The molecule has 5 rings (SSSR count). The standard InChI is InChI=1S/C88H136N8O16/c1-13-17-21-25-29-33-37-41-45-109-77-65-49-67-55-74(94-86(102)90-62(6)82(98)106-10)57-69(78(67)110-46-42-38-34-30-26-22-18-14-2)51-71-59-76(96-88(104)92-64(8)84(100)108-12)60-72(80(71)112-48-44-40-36-32-28-24-20-16-4)52-70-58-75(95-87(103)91-63(7)83(99)107-11)56-68(79(70)111-47-43-39-35-31-27-23-19-15-3)50-66(77)54-73(53-65)93-85(101)89-61(5)81(97)105-9/h53-64H,13-52H2,1-12H3,(H2,89,93,101)(H2,90,94,102)(H2,91,95,103)(H2,92,96,104)/t61-,62-,63-,64-/m0/s1. The molecule has 0 fully saturated rings. The second-order valence-corrected chi connectivity index (χ2v) is 29.9. The normalized spacial score (nSPS) is 12.7. The van der Waals surface area contributed by atoms with Gasteiger partial charge in [0.25, 0.3) is 0 Å². The predicted molar refractivity (Wildman–Crippen MR) is 444 cm³/mol. The van der Waals surface area contributed by atoms with E-state index in [2.05, 4.69) is 70.2 Å². The number of unbranched alkanes of at least 4 members (excludes halogenated alkanes) is 28. The van der Waals surface area contributed by atoms with E-state index < -0.39 is 72.2 Å². The quantitative estimate of drug-likeness (QED) is 0.0102. The van der Waals surface area contributed by atoms with E-state index in [-0.39, 0.29) is 25.7 Å². The fourth-order valence-corrected chi connectivity index (χ4v) is 14.0. The zero-order chi connectivity index (χ0) is 81.4. The highest BCUT2D eigenvalue weighted by Gasteiger charge is 2.29. The Morgan fingerprint density at radius 3 is 0.562 bits per heavy atom. The largest absolute Gasteiger partial charge is 0.493 e. The molecule has 8 amide bonds. The van der Waals surface area contributed by atoms with E-state index in [9.17, 15) is 38.4 Å². The summed E-state index contributed by atoms with van der Waals surface area (Å²) in [7, 11) is 4.99. The number of ether oxygens (including phenoxy) is 8. The second-order valence-electron chi connectivity index (χ2n) is 29.9. The zero-order valence-electron chi connectivity index (χ0n) is 69.7. The number of anilines is 4. The minimum atomic E-state index is -1.03. The number of rotatable bonds is 52. The number of carbonyl (C=O) groups is 8. The van der Waals surface area contributed by atoms with Crippen molar-refractivity contribution in [1.29, 1.82) is 0 Å². The van der Waals surface area contributed by atoms with Crippen molar-refractivity contribution in [3.63, 3.8) is 0 Å². The first-order valence-electron chi connectivity index (χ1n) is 41.9. The van der Waals surface area contributed by atoms with Gasteiger partial charge in [0.2, 0.25) is 0 Å². The molecule has 0 radical (unpaired) electrons. The maximum Gasteiger partial charge on any atom is 0.328 e. The maximum atomic E-state index is 14.4. The zero-order valence-corrected chi connectivity index (χ0v) is 69.7. The Labute approximate surface area is 668 Å². The van der Waals surface area contributed by atoms with Gasteiger partial charge in [-0.1, -0.05) is 207 Å². The highest BCUT2D eigenvalue weighted by Crippen LogP contribution is 2.43. The third-order valence-electron chi connectivity index (χ3n) is 20.1. The number of esters is 4. The summed E-state index contributed by atoms with van der Waals surface area (Å²) in [5, 5.41) is 23.1. The summed E-state index contributed by atoms with van der Waals surface area (Å²) in [6.45, 7) is 16.2. The summed E-state index contributed by atoms with van der Waals surface area (Å²) in [5.74, 6) is -0.615. The second kappa shape index (κ2) is 53.9. The number of benzene rings is 4. The first-order chi connectivity index (χ1) is 54.2. The molecule has 1 aliphatic carbocycles. The van der Waals surface area contributed by atoms with E-state index in [1.807, 2.05) is 48.5 Å². The predicted octanol–water partition coefficient (Wildman–Crippen LogP) is 19.2. The van der Waals surface area contributed by atoms with Crippen LogP contribution in [-0.2, 0) is 63.8 Å². The SMILES string of the molecule is CCCCCCCCCCOc1c2cc(NC(=O)N[C@@H](C)C(=O)OC)cc1Cc1cc(NC(=O)N[C@@H](C)C(=O)OC)cc(c1OCCCCCCCCCC)Cc1cc(NC(=O)N[C@@H](C)C(=O)OC)cc(c1OCCCCCCCCCC)Cc1cc(NC(=O)N[C@@H](C)C(=O)OC)cc(c1OCCCCCCCCCC)C2. The molecule has 8 N–H and O–H groups in total. The molecule has 0 saturated carbocycles.